The van der Waals surface area contributed by atoms with Gasteiger partial charge in [0.15, 0.2) is 8.32 Å². The van der Waals surface area contributed by atoms with E-state index in [9.17, 15) is 9.18 Å². The minimum Gasteiger partial charge on any atom is -0.444 e. The van der Waals surface area contributed by atoms with Gasteiger partial charge in [-0.15, -0.1) is 0 Å². The smallest absolute Gasteiger partial charge is 0.410 e. The largest absolute Gasteiger partial charge is 0.444 e. The minimum atomic E-state index is -1.99. The molecule has 1 saturated heterocycles. The van der Waals surface area contributed by atoms with Crippen molar-refractivity contribution in [1.82, 2.24) is 9.88 Å². The van der Waals surface area contributed by atoms with Crippen molar-refractivity contribution < 1.29 is 18.3 Å². The Labute approximate surface area is 163 Å². The molecule has 0 bridgehead atoms. The van der Waals surface area contributed by atoms with Crippen LogP contribution in [0.3, 0.4) is 0 Å². The van der Waals surface area contributed by atoms with Crippen molar-refractivity contribution in [1.29, 1.82) is 0 Å². The van der Waals surface area contributed by atoms with Crippen LogP contribution in [0.4, 0.5) is 9.18 Å². The van der Waals surface area contributed by atoms with Gasteiger partial charge in [-0.05, 0) is 57.0 Å². The summed E-state index contributed by atoms with van der Waals surface area (Å²) in [6, 6.07) is 1.13. The van der Waals surface area contributed by atoms with Crippen molar-refractivity contribution in [2.75, 3.05) is 6.54 Å². The van der Waals surface area contributed by atoms with Gasteiger partial charge in [-0.25, -0.2) is 9.18 Å². The second-order valence-electron chi connectivity index (χ2n) is 9.82. The molecule has 0 spiro atoms. The summed E-state index contributed by atoms with van der Waals surface area (Å²) in [6.07, 6.45) is 2.88. The Morgan fingerprint density at radius 3 is 2.37 bits per heavy atom. The van der Waals surface area contributed by atoms with Gasteiger partial charge >= 0.3 is 6.09 Å². The van der Waals surface area contributed by atoms with E-state index in [0.29, 0.717) is 18.5 Å². The first-order valence-corrected chi connectivity index (χ1v) is 12.4. The number of aromatic nitrogens is 1. The van der Waals surface area contributed by atoms with Gasteiger partial charge in [0.25, 0.3) is 0 Å². The number of halogens is 1. The van der Waals surface area contributed by atoms with Crippen LogP contribution in [-0.4, -0.2) is 42.5 Å². The zero-order valence-electron chi connectivity index (χ0n) is 17.8. The third-order valence-electron chi connectivity index (χ3n) is 5.27. The molecule has 0 N–H and O–H groups in total. The Hall–Kier alpha value is -1.47. The number of likely N-dealkylation sites (tertiary alicyclic amines) is 1. The number of rotatable bonds is 3. The van der Waals surface area contributed by atoms with Crippen LogP contribution >= 0.6 is 0 Å². The van der Waals surface area contributed by atoms with Gasteiger partial charge < -0.3 is 9.16 Å². The Balaban J connectivity index is 2.27. The maximum Gasteiger partial charge on any atom is 0.410 e. The van der Waals surface area contributed by atoms with Gasteiger partial charge in [-0.3, -0.25) is 9.88 Å². The molecule has 2 atom stereocenters. The van der Waals surface area contributed by atoms with Crippen molar-refractivity contribution in [2.24, 2.45) is 0 Å². The number of pyridine rings is 1. The fourth-order valence-corrected chi connectivity index (χ4v) is 4.28. The fourth-order valence-electron chi connectivity index (χ4n) is 2.93. The normalized spacial score (nSPS) is 21.4. The summed E-state index contributed by atoms with van der Waals surface area (Å²) in [5.74, 6) is -0.412. The summed E-state index contributed by atoms with van der Waals surface area (Å²) in [5, 5.41) is 0.0717. The molecule has 1 fully saturated rings. The van der Waals surface area contributed by atoms with Crippen molar-refractivity contribution in [3.05, 3.63) is 29.8 Å². The van der Waals surface area contributed by atoms with Crippen molar-refractivity contribution in [3.63, 3.8) is 0 Å². The SMILES string of the molecule is CC(C)(C)OC(=O)N1CC(O[Si](C)(C)C(C)(C)C)CC1c1cncc(F)c1. The first-order valence-electron chi connectivity index (χ1n) is 9.47. The van der Waals surface area contributed by atoms with Gasteiger partial charge in [0.05, 0.1) is 18.3 Å². The van der Waals surface area contributed by atoms with Gasteiger partial charge in [0.1, 0.15) is 11.4 Å². The van der Waals surface area contributed by atoms with E-state index in [1.165, 1.54) is 12.3 Å². The Morgan fingerprint density at radius 2 is 1.85 bits per heavy atom. The summed E-state index contributed by atoms with van der Waals surface area (Å²) in [5.41, 5.74) is 0.0717. The van der Waals surface area contributed by atoms with E-state index < -0.39 is 25.8 Å². The van der Waals surface area contributed by atoms with Crippen LogP contribution < -0.4 is 0 Å². The predicted molar refractivity (Wildman–Crippen MR) is 107 cm³/mol. The summed E-state index contributed by atoms with van der Waals surface area (Å²) >= 11 is 0. The minimum absolute atomic E-state index is 0.0717. The molecule has 0 aliphatic carbocycles. The summed E-state index contributed by atoms with van der Waals surface area (Å²) in [7, 11) is -1.99. The molecule has 1 amide bonds. The van der Waals surface area contributed by atoms with E-state index in [-0.39, 0.29) is 17.2 Å². The van der Waals surface area contributed by atoms with E-state index in [4.69, 9.17) is 9.16 Å². The molecule has 5 nitrogen and oxygen atoms in total. The second-order valence-corrected chi connectivity index (χ2v) is 14.6. The average Bonchev–Trinajstić information content (AvgIpc) is 2.87. The molecule has 0 saturated carbocycles. The number of carbonyl (C=O) groups excluding carboxylic acids is 1. The van der Waals surface area contributed by atoms with Crippen molar-refractivity contribution >= 4 is 14.4 Å². The molecule has 2 unspecified atom stereocenters. The van der Waals surface area contributed by atoms with Gasteiger partial charge in [0.2, 0.25) is 0 Å². The van der Waals surface area contributed by atoms with Crippen LogP contribution in [-0.2, 0) is 9.16 Å². The maximum absolute atomic E-state index is 13.7. The number of ether oxygens (including phenoxy) is 1. The van der Waals surface area contributed by atoms with Crippen LogP contribution in [0.2, 0.25) is 18.1 Å². The van der Waals surface area contributed by atoms with E-state index in [2.05, 4.69) is 38.8 Å². The molecular weight excluding hydrogens is 363 g/mol. The second kappa shape index (κ2) is 7.51. The zero-order chi connectivity index (χ0) is 20.6. The van der Waals surface area contributed by atoms with Gasteiger partial charge in [-0.1, -0.05) is 20.8 Å². The zero-order valence-corrected chi connectivity index (χ0v) is 18.8. The highest BCUT2D eigenvalue weighted by molar-refractivity contribution is 6.74. The number of hydrogen-bond donors (Lipinski definition) is 0. The summed E-state index contributed by atoms with van der Waals surface area (Å²) < 4.78 is 25.8. The number of hydrogen-bond acceptors (Lipinski definition) is 4. The molecule has 0 aromatic carbocycles. The molecule has 7 heteroatoms. The fraction of sp³-hybridized carbons (Fsp3) is 0.700. The summed E-state index contributed by atoms with van der Waals surface area (Å²) in [6.45, 7) is 16.9. The molecule has 2 rings (SSSR count). The molecule has 2 heterocycles. The van der Waals surface area contributed by atoms with Gasteiger partial charge in [-0.2, -0.15) is 0 Å². The molecule has 27 heavy (non-hydrogen) atoms. The van der Waals surface area contributed by atoms with Crippen molar-refractivity contribution in [2.45, 2.75) is 83.8 Å². The molecular formula is C20H33FN2O3Si. The third-order valence-corrected chi connectivity index (χ3v) is 9.80. The van der Waals surface area contributed by atoms with Crippen molar-refractivity contribution in [3.8, 4) is 0 Å². The standard InChI is InChI=1S/C20H33FN2O3Si/c1-19(2,3)25-18(24)23-13-16(26-27(7,8)20(4,5)6)10-17(23)14-9-15(21)12-22-11-14/h9,11-12,16-17H,10,13H2,1-8H3. The molecule has 1 aromatic rings. The van der Waals surface area contributed by atoms with E-state index in [1.54, 1.807) is 11.1 Å². The number of carbonyl (C=O) groups is 1. The highest BCUT2D eigenvalue weighted by Gasteiger charge is 2.45. The molecule has 1 aromatic heterocycles. The predicted octanol–water partition coefficient (Wildman–Crippen LogP) is 5.29. The average molecular weight is 397 g/mol. The Kier molecular flexibility index (Phi) is 6.07. The quantitative estimate of drug-likeness (QED) is 0.651. The van der Waals surface area contributed by atoms with Crippen LogP contribution in [0, 0.1) is 5.82 Å². The lowest BCUT2D eigenvalue weighted by molar-refractivity contribution is 0.0208. The lowest BCUT2D eigenvalue weighted by Gasteiger charge is -2.38. The number of nitrogens with zero attached hydrogens (tertiary/aromatic N) is 2. The first kappa shape index (κ1) is 21.8. The Bertz CT molecular complexity index is 683. The van der Waals surface area contributed by atoms with Crippen LogP contribution in [0.25, 0.3) is 0 Å². The van der Waals surface area contributed by atoms with Crippen LogP contribution in [0.5, 0.6) is 0 Å². The van der Waals surface area contributed by atoms with E-state index in [1.807, 2.05) is 20.8 Å². The maximum atomic E-state index is 13.7. The van der Waals surface area contributed by atoms with E-state index in [0.717, 1.165) is 0 Å². The first-order chi connectivity index (χ1) is 12.2. The van der Waals surface area contributed by atoms with Crippen LogP contribution in [0.15, 0.2) is 18.5 Å². The highest BCUT2D eigenvalue weighted by Crippen LogP contribution is 2.41. The molecule has 1 aliphatic heterocycles. The monoisotopic (exact) mass is 396 g/mol. The van der Waals surface area contributed by atoms with Crippen LogP contribution in [0.1, 0.15) is 59.6 Å². The molecule has 152 valence electrons. The molecule has 1 aliphatic rings. The third kappa shape index (κ3) is 5.51. The van der Waals surface area contributed by atoms with Gasteiger partial charge in [0, 0.05) is 12.7 Å². The highest BCUT2D eigenvalue weighted by atomic mass is 28.4. The molecule has 0 radical (unpaired) electrons. The lowest BCUT2D eigenvalue weighted by atomic mass is 10.1. The summed E-state index contributed by atoms with van der Waals surface area (Å²) in [4.78, 5) is 18.4. The topological polar surface area (TPSA) is 51.7 Å². The van der Waals surface area contributed by atoms with E-state index >= 15 is 0 Å². The number of amides is 1. The lowest BCUT2D eigenvalue weighted by Crippen LogP contribution is -2.45. The Morgan fingerprint density at radius 1 is 1.22 bits per heavy atom.